The lowest BCUT2D eigenvalue weighted by Crippen LogP contribution is -2.08. The van der Waals surface area contributed by atoms with Gasteiger partial charge >= 0.3 is 0 Å². The molecule has 1 heterocycles. The maximum Gasteiger partial charge on any atom is 0.137 e. The fraction of sp³-hybridized carbons (Fsp3) is 0.545. The van der Waals surface area contributed by atoms with Gasteiger partial charge in [0.05, 0.1) is 18.5 Å². The number of rotatable bonds is 6. The molecule has 0 aromatic carbocycles. The van der Waals surface area contributed by atoms with Crippen LogP contribution in [0.4, 0.5) is 0 Å². The molecule has 0 aliphatic carbocycles. The summed E-state index contributed by atoms with van der Waals surface area (Å²) in [6, 6.07) is 3.71. The van der Waals surface area contributed by atoms with Crippen LogP contribution in [0.2, 0.25) is 0 Å². The second-order valence-electron chi connectivity index (χ2n) is 3.25. The third-order valence-corrected chi connectivity index (χ3v) is 1.93. The fourth-order valence-electron chi connectivity index (χ4n) is 1.11. The molecule has 1 aromatic heterocycles. The average Bonchev–Trinajstić information content (AvgIpc) is 2.25. The summed E-state index contributed by atoms with van der Waals surface area (Å²) in [4.78, 5) is 4.19. The highest BCUT2D eigenvalue weighted by molar-refractivity contribution is 5.21. The molecule has 1 aromatic rings. The van der Waals surface area contributed by atoms with E-state index in [1.165, 1.54) is 0 Å². The molecule has 15 heavy (non-hydrogen) atoms. The van der Waals surface area contributed by atoms with Crippen LogP contribution < -0.4 is 10.5 Å². The Morgan fingerprint density at radius 1 is 1.40 bits per heavy atom. The minimum absolute atomic E-state index is 0.0394. The molecule has 1 atom stereocenters. The number of ether oxygens (including phenoxy) is 2. The van der Waals surface area contributed by atoms with E-state index < -0.39 is 0 Å². The van der Waals surface area contributed by atoms with Crippen molar-refractivity contribution in [1.82, 2.24) is 4.98 Å². The van der Waals surface area contributed by atoms with E-state index in [2.05, 4.69) is 4.98 Å². The first-order chi connectivity index (χ1) is 7.24. The van der Waals surface area contributed by atoms with Crippen LogP contribution in [-0.2, 0) is 4.74 Å². The SMILES string of the molecule is CCOCCOc1ccc([C@@H](C)N)nc1. The first-order valence-electron chi connectivity index (χ1n) is 5.16. The Balaban J connectivity index is 2.36. The van der Waals surface area contributed by atoms with Crippen LogP contribution in [0, 0.1) is 0 Å². The highest BCUT2D eigenvalue weighted by Gasteiger charge is 2.00. The normalized spacial score (nSPS) is 12.5. The quantitative estimate of drug-likeness (QED) is 0.723. The zero-order valence-electron chi connectivity index (χ0n) is 9.27. The lowest BCUT2D eigenvalue weighted by Gasteiger charge is -2.07. The molecule has 0 aliphatic rings. The number of nitrogens with zero attached hydrogens (tertiary/aromatic N) is 1. The van der Waals surface area contributed by atoms with Crippen molar-refractivity contribution in [3.63, 3.8) is 0 Å². The molecule has 4 nitrogen and oxygen atoms in total. The van der Waals surface area contributed by atoms with Gasteiger partial charge in [-0.3, -0.25) is 4.98 Å². The molecule has 0 aliphatic heterocycles. The van der Waals surface area contributed by atoms with Gasteiger partial charge in [0, 0.05) is 12.6 Å². The highest BCUT2D eigenvalue weighted by atomic mass is 16.5. The second kappa shape index (κ2) is 6.37. The molecule has 0 saturated heterocycles. The van der Waals surface area contributed by atoms with E-state index in [9.17, 15) is 0 Å². The van der Waals surface area contributed by atoms with E-state index >= 15 is 0 Å². The molecule has 84 valence electrons. The molecular weight excluding hydrogens is 192 g/mol. The molecule has 0 amide bonds. The maximum absolute atomic E-state index is 5.68. The van der Waals surface area contributed by atoms with Gasteiger partial charge in [0.2, 0.25) is 0 Å². The number of hydrogen-bond acceptors (Lipinski definition) is 4. The van der Waals surface area contributed by atoms with Gasteiger partial charge in [-0.15, -0.1) is 0 Å². The molecule has 1 rings (SSSR count). The van der Waals surface area contributed by atoms with Crippen molar-refractivity contribution in [2.75, 3.05) is 19.8 Å². The van der Waals surface area contributed by atoms with E-state index in [1.807, 2.05) is 26.0 Å². The van der Waals surface area contributed by atoms with Crippen molar-refractivity contribution in [1.29, 1.82) is 0 Å². The van der Waals surface area contributed by atoms with Crippen molar-refractivity contribution in [3.05, 3.63) is 24.0 Å². The van der Waals surface area contributed by atoms with Gasteiger partial charge in [0.1, 0.15) is 12.4 Å². The highest BCUT2D eigenvalue weighted by Crippen LogP contribution is 2.12. The van der Waals surface area contributed by atoms with Gasteiger partial charge in [0.25, 0.3) is 0 Å². The smallest absolute Gasteiger partial charge is 0.137 e. The number of pyridine rings is 1. The van der Waals surface area contributed by atoms with E-state index in [0.717, 1.165) is 11.4 Å². The lowest BCUT2D eigenvalue weighted by atomic mass is 10.2. The molecule has 0 unspecified atom stereocenters. The maximum atomic E-state index is 5.68. The monoisotopic (exact) mass is 210 g/mol. The minimum atomic E-state index is -0.0394. The van der Waals surface area contributed by atoms with E-state index in [0.29, 0.717) is 19.8 Å². The Kier molecular flexibility index (Phi) is 5.07. The third kappa shape index (κ3) is 4.27. The molecule has 0 spiro atoms. The summed E-state index contributed by atoms with van der Waals surface area (Å²) in [7, 11) is 0. The Hall–Kier alpha value is -1.13. The second-order valence-corrected chi connectivity index (χ2v) is 3.25. The minimum Gasteiger partial charge on any atom is -0.490 e. The summed E-state index contributed by atoms with van der Waals surface area (Å²) >= 11 is 0. The van der Waals surface area contributed by atoms with E-state index in [4.69, 9.17) is 15.2 Å². The van der Waals surface area contributed by atoms with Crippen LogP contribution in [-0.4, -0.2) is 24.8 Å². The van der Waals surface area contributed by atoms with Gasteiger partial charge in [-0.05, 0) is 26.0 Å². The van der Waals surface area contributed by atoms with Crippen LogP contribution in [0.15, 0.2) is 18.3 Å². The third-order valence-electron chi connectivity index (χ3n) is 1.93. The van der Waals surface area contributed by atoms with Gasteiger partial charge < -0.3 is 15.2 Å². The van der Waals surface area contributed by atoms with Crippen molar-refractivity contribution in [2.24, 2.45) is 5.73 Å². The molecule has 0 radical (unpaired) electrons. The first-order valence-corrected chi connectivity index (χ1v) is 5.16. The van der Waals surface area contributed by atoms with Crippen LogP contribution in [0.5, 0.6) is 5.75 Å². The Labute approximate surface area is 90.4 Å². The number of aromatic nitrogens is 1. The van der Waals surface area contributed by atoms with E-state index in [1.54, 1.807) is 6.20 Å². The summed E-state index contributed by atoms with van der Waals surface area (Å²) < 4.78 is 10.6. The largest absolute Gasteiger partial charge is 0.490 e. The van der Waals surface area contributed by atoms with Crippen LogP contribution in [0.3, 0.4) is 0 Å². The molecule has 0 fully saturated rings. The van der Waals surface area contributed by atoms with Crippen molar-refractivity contribution < 1.29 is 9.47 Å². The van der Waals surface area contributed by atoms with E-state index in [-0.39, 0.29) is 6.04 Å². The van der Waals surface area contributed by atoms with Crippen molar-refractivity contribution in [2.45, 2.75) is 19.9 Å². The van der Waals surface area contributed by atoms with Gasteiger partial charge in [-0.2, -0.15) is 0 Å². The van der Waals surface area contributed by atoms with Crippen LogP contribution in [0.25, 0.3) is 0 Å². The summed E-state index contributed by atoms with van der Waals surface area (Å²) in [5, 5.41) is 0. The fourth-order valence-corrected chi connectivity index (χ4v) is 1.11. The topological polar surface area (TPSA) is 57.4 Å². The average molecular weight is 210 g/mol. The molecule has 4 heteroatoms. The predicted octanol–water partition coefficient (Wildman–Crippen LogP) is 1.52. The van der Waals surface area contributed by atoms with Crippen molar-refractivity contribution >= 4 is 0 Å². The number of nitrogens with two attached hydrogens (primary N) is 1. The van der Waals surface area contributed by atoms with Crippen LogP contribution in [0.1, 0.15) is 25.6 Å². The Morgan fingerprint density at radius 3 is 2.73 bits per heavy atom. The number of hydrogen-bond donors (Lipinski definition) is 1. The zero-order chi connectivity index (χ0) is 11.1. The zero-order valence-corrected chi connectivity index (χ0v) is 9.27. The molecular formula is C11H18N2O2. The Morgan fingerprint density at radius 2 is 2.20 bits per heavy atom. The van der Waals surface area contributed by atoms with Crippen molar-refractivity contribution in [3.8, 4) is 5.75 Å². The van der Waals surface area contributed by atoms with Crippen LogP contribution >= 0.6 is 0 Å². The Bertz CT molecular complexity index is 272. The summed E-state index contributed by atoms with van der Waals surface area (Å²) in [6.45, 7) is 5.72. The van der Waals surface area contributed by atoms with Gasteiger partial charge in [-0.25, -0.2) is 0 Å². The first kappa shape index (κ1) is 11.9. The van der Waals surface area contributed by atoms with Gasteiger partial charge in [-0.1, -0.05) is 0 Å². The standard InChI is InChI=1S/C11H18N2O2/c1-3-14-6-7-15-10-4-5-11(9(2)12)13-8-10/h4-5,8-9H,3,6-7,12H2,1-2H3/t9-/m1/s1. The molecule has 0 bridgehead atoms. The molecule has 2 N–H and O–H groups in total. The summed E-state index contributed by atoms with van der Waals surface area (Å²) in [5.41, 5.74) is 6.55. The van der Waals surface area contributed by atoms with Gasteiger partial charge in [0.15, 0.2) is 0 Å². The summed E-state index contributed by atoms with van der Waals surface area (Å²) in [6.07, 6.45) is 1.69. The summed E-state index contributed by atoms with van der Waals surface area (Å²) in [5.74, 6) is 0.749. The molecule has 0 saturated carbocycles. The predicted molar refractivity (Wildman–Crippen MR) is 58.8 cm³/mol. The lowest BCUT2D eigenvalue weighted by molar-refractivity contribution is 0.110.